The van der Waals surface area contributed by atoms with E-state index >= 15 is 0 Å². The maximum atomic E-state index is 12.1. The number of ether oxygens (including phenoxy) is 1. The van der Waals surface area contributed by atoms with E-state index < -0.39 is 27.3 Å². The summed E-state index contributed by atoms with van der Waals surface area (Å²) >= 11 is 0. The molecule has 1 aliphatic rings. The monoisotopic (exact) mass is 341 g/mol. The zero-order chi connectivity index (χ0) is 17.1. The molecule has 1 heterocycles. The van der Waals surface area contributed by atoms with Crippen LogP contribution in [-0.4, -0.2) is 49.9 Å². The maximum Gasteiger partial charge on any atom is 0.331 e. The Labute approximate surface area is 134 Å². The Morgan fingerprint density at radius 1 is 1.30 bits per heavy atom. The molecule has 2 N–H and O–H groups in total. The van der Waals surface area contributed by atoms with Gasteiger partial charge in [0.15, 0.2) is 15.4 Å². The van der Waals surface area contributed by atoms with Crippen LogP contribution in [0.3, 0.4) is 0 Å². The van der Waals surface area contributed by atoms with Crippen LogP contribution >= 0.6 is 0 Å². The van der Waals surface area contributed by atoms with Gasteiger partial charge in [-0.3, -0.25) is 4.79 Å². The molecule has 7 nitrogen and oxygen atoms in total. The van der Waals surface area contributed by atoms with Crippen LogP contribution in [0.5, 0.6) is 0 Å². The molecular weight excluding hydrogens is 322 g/mol. The number of rotatable bonds is 6. The van der Waals surface area contributed by atoms with Gasteiger partial charge in [-0.2, -0.15) is 0 Å². The quantitative estimate of drug-likeness (QED) is 0.774. The highest BCUT2D eigenvalue weighted by atomic mass is 32.2. The van der Waals surface area contributed by atoms with Crippen molar-refractivity contribution in [3.63, 3.8) is 0 Å². The fourth-order valence-electron chi connectivity index (χ4n) is 2.36. The number of carboxylic acid groups (broad SMARTS) is 1. The number of hydrogen-bond acceptors (Lipinski definition) is 5. The minimum Gasteiger partial charge on any atom is -0.479 e. The van der Waals surface area contributed by atoms with E-state index in [4.69, 9.17) is 4.74 Å². The molecule has 0 aromatic heterocycles. The van der Waals surface area contributed by atoms with Gasteiger partial charge in [-0.05, 0) is 17.7 Å². The standard InChI is InChI=1S/C15H19NO6S/c1-2-23(20,21)12-5-3-11(4-6-12)9-13(17)16-15(14(18)19)7-8-22-10-15/h3-6H,2,7-10H2,1H3,(H,16,17)(H,18,19). The molecule has 8 heteroatoms. The lowest BCUT2D eigenvalue weighted by Gasteiger charge is -2.23. The van der Waals surface area contributed by atoms with E-state index in [0.717, 1.165) is 0 Å². The smallest absolute Gasteiger partial charge is 0.331 e. The van der Waals surface area contributed by atoms with Gasteiger partial charge in [0, 0.05) is 13.0 Å². The average Bonchev–Trinajstić information content (AvgIpc) is 2.97. The number of hydrogen-bond donors (Lipinski definition) is 2. The molecule has 0 bridgehead atoms. The Morgan fingerprint density at radius 3 is 2.43 bits per heavy atom. The number of carbonyl (C=O) groups excluding carboxylic acids is 1. The highest BCUT2D eigenvalue weighted by molar-refractivity contribution is 7.91. The van der Waals surface area contributed by atoms with Crippen molar-refractivity contribution < 1.29 is 27.9 Å². The van der Waals surface area contributed by atoms with Crippen LogP contribution in [-0.2, 0) is 30.6 Å². The molecule has 0 radical (unpaired) electrons. The normalized spacial score (nSPS) is 21.1. The van der Waals surface area contributed by atoms with Gasteiger partial charge >= 0.3 is 5.97 Å². The Bertz CT molecular complexity index is 689. The van der Waals surface area contributed by atoms with Gasteiger partial charge in [0.05, 0.1) is 23.7 Å². The van der Waals surface area contributed by atoms with E-state index in [0.29, 0.717) is 5.56 Å². The molecule has 23 heavy (non-hydrogen) atoms. The zero-order valence-electron chi connectivity index (χ0n) is 12.7. The number of carbonyl (C=O) groups is 2. The lowest BCUT2D eigenvalue weighted by Crippen LogP contribution is -2.55. The summed E-state index contributed by atoms with van der Waals surface area (Å²) < 4.78 is 28.5. The average molecular weight is 341 g/mol. The summed E-state index contributed by atoms with van der Waals surface area (Å²) in [7, 11) is -3.28. The van der Waals surface area contributed by atoms with Crippen LogP contribution in [0.2, 0.25) is 0 Å². The first-order valence-electron chi connectivity index (χ1n) is 7.23. The van der Waals surface area contributed by atoms with Gasteiger partial charge in [-0.1, -0.05) is 19.1 Å². The van der Waals surface area contributed by atoms with E-state index in [-0.39, 0.29) is 36.7 Å². The van der Waals surface area contributed by atoms with E-state index in [9.17, 15) is 23.1 Å². The predicted octanol–water partition coefficient (Wildman–Crippen LogP) is 0.383. The number of nitrogens with one attached hydrogen (secondary N) is 1. The van der Waals surface area contributed by atoms with Crippen molar-refractivity contribution in [3.05, 3.63) is 29.8 Å². The van der Waals surface area contributed by atoms with Crippen molar-refractivity contribution in [1.29, 1.82) is 0 Å². The van der Waals surface area contributed by atoms with Gasteiger partial charge in [-0.25, -0.2) is 13.2 Å². The van der Waals surface area contributed by atoms with Gasteiger partial charge < -0.3 is 15.2 Å². The third-order valence-electron chi connectivity index (χ3n) is 3.84. The summed E-state index contributed by atoms with van der Waals surface area (Å²) in [6.45, 7) is 1.80. The van der Waals surface area contributed by atoms with Crippen LogP contribution in [0, 0.1) is 0 Å². The van der Waals surface area contributed by atoms with Crippen LogP contribution < -0.4 is 5.32 Å². The summed E-state index contributed by atoms with van der Waals surface area (Å²) in [5, 5.41) is 11.8. The number of aliphatic carboxylic acids is 1. The molecular formula is C15H19NO6S. The minimum atomic E-state index is -3.28. The second-order valence-electron chi connectivity index (χ2n) is 5.46. The Balaban J connectivity index is 2.05. The van der Waals surface area contributed by atoms with Gasteiger partial charge in [0.25, 0.3) is 0 Å². The molecule has 1 fully saturated rings. The second-order valence-corrected chi connectivity index (χ2v) is 7.74. The molecule has 1 aromatic rings. The zero-order valence-corrected chi connectivity index (χ0v) is 13.6. The Morgan fingerprint density at radius 2 is 1.96 bits per heavy atom. The minimum absolute atomic E-state index is 0.00790. The molecule has 2 rings (SSSR count). The van der Waals surface area contributed by atoms with Gasteiger partial charge in [0.1, 0.15) is 0 Å². The van der Waals surface area contributed by atoms with Crippen LogP contribution in [0.15, 0.2) is 29.2 Å². The number of carboxylic acids is 1. The molecule has 1 amide bonds. The van der Waals surface area contributed by atoms with Crippen molar-refractivity contribution >= 4 is 21.7 Å². The van der Waals surface area contributed by atoms with Crippen molar-refractivity contribution in [1.82, 2.24) is 5.32 Å². The fraction of sp³-hybridized carbons (Fsp3) is 0.467. The Kier molecular flexibility index (Phi) is 5.06. The summed E-state index contributed by atoms with van der Waals surface area (Å²) in [5.41, 5.74) is -0.764. The number of amides is 1. The van der Waals surface area contributed by atoms with Crippen LogP contribution in [0.4, 0.5) is 0 Å². The highest BCUT2D eigenvalue weighted by Crippen LogP contribution is 2.19. The first-order valence-corrected chi connectivity index (χ1v) is 8.88. The van der Waals surface area contributed by atoms with Crippen molar-refractivity contribution in [3.8, 4) is 0 Å². The molecule has 1 saturated heterocycles. The van der Waals surface area contributed by atoms with Crippen molar-refractivity contribution in [2.24, 2.45) is 0 Å². The lowest BCUT2D eigenvalue weighted by molar-refractivity contribution is -0.147. The highest BCUT2D eigenvalue weighted by Gasteiger charge is 2.43. The third-order valence-corrected chi connectivity index (χ3v) is 5.59. The molecule has 1 aromatic carbocycles. The fourth-order valence-corrected chi connectivity index (χ4v) is 3.25. The number of sulfone groups is 1. The summed E-state index contributed by atoms with van der Waals surface area (Å²) in [4.78, 5) is 23.6. The first kappa shape index (κ1) is 17.4. The molecule has 1 atom stereocenters. The van der Waals surface area contributed by atoms with Crippen molar-refractivity contribution in [2.45, 2.75) is 30.2 Å². The van der Waals surface area contributed by atoms with Gasteiger partial charge in [0.2, 0.25) is 5.91 Å². The van der Waals surface area contributed by atoms with E-state index in [2.05, 4.69) is 5.32 Å². The summed E-state index contributed by atoms with van der Waals surface area (Å²) in [6.07, 6.45) is 0.198. The Hall–Kier alpha value is -1.93. The molecule has 0 aliphatic carbocycles. The predicted molar refractivity (Wildman–Crippen MR) is 81.8 cm³/mol. The van der Waals surface area contributed by atoms with Crippen LogP contribution in [0.25, 0.3) is 0 Å². The molecule has 0 spiro atoms. The molecule has 0 saturated carbocycles. The third kappa shape index (κ3) is 3.89. The van der Waals surface area contributed by atoms with E-state index in [1.54, 1.807) is 19.1 Å². The SMILES string of the molecule is CCS(=O)(=O)c1ccc(CC(=O)NC2(C(=O)O)CCOC2)cc1. The van der Waals surface area contributed by atoms with Gasteiger partial charge in [-0.15, -0.1) is 0 Å². The van der Waals surface area contributed by atoms with Crippen molar-refractivity contribution in [2.75, 3.05) is 19.0 Å². The number of benzene rings is 1. The second kappa shape index (κ2) is 6.67. The lowest BCUT2D eigenvalue weighted by atomic mass is 9.98. The molecule has 1 unspecified atom stereocenters. The summed E-state index contributed by atoms with van der Waals surface area (Å²) in [6, 6.07) is 6.02. The molecule has 1 aliphatic heterocycles. The summed E-state index contributed by atoms with van der Waals surface area (Å²) in [5.74, 6) is -1.55. The maximum absolute atomic E-state index is 12.1. The van der Waals surface area contributed by atoms with Crippen LogP contribution in [0.1, 0.15) is 18.9 Å². The van der Waals surface area contributed by atoms with E-state index in [1.165, 1.54) is 12.1 Å². The van der Waals surface area contributed by atoms with E-state index in [1.807, 2.05) is 0 Å². The topological polar surface area (TPSA) is 110 Å². The molecule has 126 valence electrons. The first-order chi connectivity index (χ1) is 10.8. The largest absolute Gasteiger partial charge is 0.479 e.